The first-order chi connectivity index (χ1) is 21.0. The highest BCUT2D eigenvalue weighted by molar-refractivity contribution is 5.70. The summed E-state index contributed by atoms with van der Waals surface area (Å²) in [6, 6.07) is 0. The molecular formula is C35H67NO7. The van der Waals surface area contributed by atoms with Crippen LogP contribution >= 0.6 is 0 Å². The summed E-state index contributed by atoms with van der Waals surface area (Å²) in [4.78, 5) is 36.7. The maximum Gasteiger partial charge on any atom is 0.407 e. The van der Waals surface area contributed by atoms with E-state index in [-0.39, 0.29) is 25.2 Å². The van der Waals surface area contributed by atoms with Gasteiger partial charge in [-0.3, -0.25) is 9.59 Å². The summed E-state index contributed by atoms with van der Waals surface area (Å²) in [5.74, 6) is -0.669. The van der Waals surface area contributed by atoms with Gasteiger partial charge in [0.15, 0.2) is 6.10 Å². The van der Waals surface area contributed by atoms with Gasteiger partial charge >= 0.3 is 18.0 Å². The second kappa shape index (κ2) is 33.1. The van der Waals surface area contributed by atoms with E-state index in [0.29, 0.717) is 26.0 Å². The molecular weight excluding hydrogens is 546 g/mol. The third-order valence-electron chi connectivity index (χ3n) is 7.67. The zero-order chi connectivity index (χ0) is 31.6. The lowest BCUT2D eigenvalue weighted by molar-refractivity contribution is -0.161. The summed E-state index contributed by atoms with van der Waals surface area (Å²) in [5, 5.41) is 2.56. The van der Waals surface area contributed by atoms with Crippen LogP contribution in [0.2, 0.25) is 0 Å². The fourth-order valence-electron chi connectivity index (χ4n) is 4.96. The Balaban J connectivity index is 4.18. The fraction of sp³-hybridized carbons (Fsp3) is 0.914. The molecule has 0 fully saturated rings. The van der Waals surface area contributed by atoms with Crippen molar-refractivity contribution >= 4 is 18.0 Å². The predicted octanol–water partition coefficient (Wildman–Crippen LogP) is 9.22. The first-order valence-corrected chi connectivity index (χ1v) is 17.8. The molecule has 0 aromatic carbocycles. The number of amides is 1. The molecule has 0 aliphatic rings. The summed E-state index contributed by atoms with van der Waals surface area (Å²) in [6.45, 7) is 4.87. The zero-order valence-corrected chi connectivity index (χ0v) is 28.2. The Morgan fingerprint density at radius 3 is 1.37 bits per heavy atom. The summed E-state index contributed by atoms with van der Waals surface area (Å²) in [7, 11) is 1.54. The van der Waals surface area contributed by atoms with Crippen molar-refractivity contribution in [3.8, 4) is 0 Å². The molecule has 43 heavy (non-hydrogen) atoms. The van der Waals surface area contributed by atoms with Crippen LogP contribution in [0, 0.1) is 0 Å². The van der Waals surface area contributed by atoms with Gasteiger partial charge in [0.1, 0.15) is 13.2 Å². The number of hydrogen-bond donors (Lipinski definition) is 1. The Hall–Kier alpha value is -1.83. The number of carbonyl (C=O) groups is 3. The van der Waals surface area contributed by atoms with E-state index in [1.165, 1.54) is 103 Å². The smallest absolute Gasteiger partial charge is 0.407 e. The normalized spacial score (nSPS) is 11.7. The van der Waals surface area contributed by atoms with Crippen LogP contribution in [-0.4, -0.2) is 57.6 Å². The molecule has 0 saturated heterocycles. The first-order valence-electron chi connectivity index (χ1n) is 17.8. The highest BCUT2D eigenvalue weighted by atomic mass is 16.6. The SMILES string of the molecule is CCCCCCCCCCCCCC(=O)OCC(COC(=O)NCCOC)OC(=O)CCCCCCCCCCCCC. The standard InChI is InChI=1S/C35H67NO7/c1-4-6-8-10-12-14-16-18-20-22-24-26-33(37)41-30-32(31-42-35(39)36-28-29-40-3)43-34(38)27-25-23-21-19-17-15-13-11-9-7-5-2/h32H,4-31H2,1-3H3,(H,36,39). The summed E-state index contributed by atoms with van der Waals surface area (Å²) >= 11 is 0. The molecule has 0 aromatic heterocycles. The predicted molar refractivity (Wildman–Crippen MR) is 174 cm³/mol. The van der Waals surface area contributed by atoms with Crippen LogP contribution in [0.5, 0.6) is 0 Å². The molecule has 0 rings (SSSR count). The molecule has 1 unspecified atom stereocenters. The summed E-state index contributed by atoms with van der Waals surface area (Å²) in [6.07, 6.45) is 25.8. The van der Waals surface area contributed by atoms with Crippen molar-refractivity contribution in [3.63, 3.8) is 0 Å². The van der Waals surface area contributed by atoms with E-state index in [1.807, 2.05) is 0 Å². The lowest BCUT2D eigenvalue weighted by Crippen LogP contribution is -2.34. The van der Waals surface area contributed by atoms with Gasteiger partial charge in [-0.25, -0.2) is 4.79 Å². The number of unbranched alkanes of at least 4 members (excludes halogenated alkanes) is 20. The van der Waals surface area contributed by atoms with Crippen molar-refractivity contribution in [2.45, 2.75) is 174 Å². The van der Waals surface area contributed by atoms with Crippen LogP contribution in [0.15, 0.2) is 0 Å². The Morgan fingerprint density at radius 2 is 0.930 bits per heavy atom. The Morgan fingerprint density at radius 1 is 0.535 bits per heavy atom. The van der Waals surface area contributed by atoms with Gasteiger partial charge in [0.25, 0.3) is 0 Å². The van der Waals surface area contributed by atoms with Gasteiger partial charge in [-0.1, -0.05) is 142 Å². The lowest BCUT2D eigenvalue weighted by atomic mass is 10.1. The third-order valence-corrected chi connectivity index (χ3v) is 7.67. The zero-order valence-electron chi connectivity index (χ0n) is 28.2. The van der Waals surface area contributed by atoms with Gasteiger partial charge in [0.05, 0.1) is 6.61 Å². The van der Waals surface area contributed by atoms with E-state index in [0.717, 1.165) is 38.5 Å². The summed E-state index contributed by atoms with van der Waals surface area (Å²) in [5.41, 5.74) is 0. The van der Waals surface area contributed by atoms with Gasteiger partial charge in [-0.05, 0) is 12.8 Å². The van der Waals surface area contributed by atoms with Gasteiger partial charge in [-0.2, -0.15) is 0 Å². The minimum absolute atomic E-state index is 0.119. The van der Waals surface area contributed by atoms with E-state index < -0.39 is 12.2 Å². The molecule has 1 atom stereocenters. The molecule has 0 saturated carbocycles. The molecule has 8 heteroatoms. The van der Waals surface area contributed by atoms with E-state index >= 15 is 0 Å². The van der Waals surface area contributed by atoms with Crippen LogP contribution in [0.4, 0.5) is 4.79 Å². The van der Waals surface area contributed by atoms with Crippen molar-refractivity contribution in [1.29, 1.82) is 0 Å². The van der Waals surface area contributed by atoms with E-state index in [2.05, 4.69) is 19.2 Å². The monoisotopic (exact) mass is 613 g/mol. The van der Waals surface area contributed by atoms with Crippen molar-refractivity contribution < 1.29 is 33.3 Å². The number of alkyl carbamates (subject to hydrolysis) is 1. The van der Waals surface area contributed by atoms with Crippen LogP contribution < -0.4 is 5.32 Å². The fourth-order valence-corrected chi connectivity index (χ4v) is 4.96. The number of nitrogens with one attached hydrogen (secondary N) is 1. The Labute approximate surface area is 264 Å². The maximum absolute atomic E-state index is 12.5. The number of esters is 2. The molecule has 8 nitrogen and oxygen atoms in total. The van der Waals surface area contributed by atoms with Crippen molar-refractivity contribution in [2.24, 2.45) is 0 Å². The van der Waals surface area contributed by atoms with E-state index in [4.69, 9.17) is 18.9 Å². The van der Waals surface area contributed by atoms with Crippen molar-refractivity contribution in [2.75, 3.05) is 33.5 Å². The topological polar surface area (TPSA) is 100 Å². The van der Waals surface area contributed by atoms with Gasteiger partial charge < -0.3 is 24.3 Å². The number of methoxy groups -OCH3 is 1. The number of carbonyl (C=O) groups excluding carboxylic acids is 3. The molecule has 0 radical (unpaired) electrons. The first kappa shape index (κ1) is 41.2. The van der Waals surface area contributed by atoms with E-state index in [1.54, 1.807) is 7.11 Å². The maximum atomic E-state index is 12.5. The Bertz CT molecular complexity index is 644. The highest BCUT2D eigenvalue weighted by Gasteiger charge is 2.19. The highest BCUT2D eigenvalue weighted by Crippen LogP contribution is 2.14. The van der Waals surface area contributed by atoms with Crippen LogP contribution in [0.3, 0.4) is 0 Å². The van der Waals surface area contributed by atoms with Gasteiger partial charge in [-0.15, -0.1) is 0 Å². The molecule has 0 aromatic rings. The molecule has 1 amide bonds. The van der Waals surface area contributed by atoms with Gasteiger partial charge in [0.2, 0.25) is 0 Å². The molecule has 254 valence electrons. The summed E-state index contributed by atoms with van der Waals surface area (Å²) < 4.78 is 21.0. The van der Waals surface area contributed by atoms with Gasteiger partial charge in [0, 0.05) is 26.5 Å². The molecule has 1 N–H and O–H groups in total. The second-order valence-electron chi connectivity index (χ2n) is 11.9. The Kier molecular flexibility index (Phi) is 31.7. The van der Waals surface area contributed by atoms with Crippen molar-refractivity contribution in [3.05, 3.63) is 0 Å². The number of ether oxygens (including phenoxy) is 4. The second-order valence-corrected chi connectivity index (χ2v) is 11.9. The molecule has 0 aliphatic carbocycles. The molecule has 0 heterocycles. The molecule has 0 aliphatic heterocycles. The molecule has 0 bridgehead atoms. The average Bonchev–Trinajstić information content (AvgIpc) is 3.00. The van der Waals surface area contributed by atoms with E-state index in [9.17, 15) is 14.4 Å². The number of hydrogen-bond acceptors (Lipinski definition) is 7. The minimum atomic E-state index is -0.824. The average molecular weight is 614 g/mol. The van der Waals surface area contributed by atoms with Crippen LogP contribution in [-0.2, 0) is 28.5 Å². The third kappa shape index (κ3) is 31.4. The van der Waals surface area contributed by atoms with Crippen LogP contribution in [0.1, 0.15) is 168 Å². The minimum Gasteiger partial charge on any atom is -0.462 e. The largest absolute Gasteiger partial charge is 0.462 e. The van der Waals surface area contributed by atoms with Crippen LogP contribution in [0.25, 0.3) is 0 Å². The molecule has 0 spiro atoms. The quantitative estimate of drug-likeness (QED) is 0.0458. The number of rotatable bonds is 32. The van der Waals surface area contributed by atoms with Crippen molar-refractivity contribution in [1.82, 2.24) is 5.32 Å². The lowest BCUT2D eigenvalue weighted by Gasteiger charge is -2.18.